The first-order valence-corrected chi connectivity index (χ1v) is 5.06. The van der Waals surface area contributed by atoms with Gasteiger partial charge in [-0.3, -0.25) is 0 Å². The van der Waals surface area contributed by atoms with Crippen molar-refractivity contribution in [2.45, 2.75) is 13.3 Å². The van der Waals surface area contributed by atoms with Crippen LogP contribution in [0.15, 0.2) is 24.8 Å². The van der Waals surface area contributed by atoms with E-state index in [2.05, 4.69) is 6.58 Å². The molecular formula is C12H16N2O2. The molecule has 4 nitrogen and oxygen atoms in total. The molecule has 0 aromatic heterocycles. The largest absolute Gasteiger partial charge is 0.462 e. The molecule has 0 atom stereocenters. The van der Waals surface area contributed by atoms with Gasteiger partial charge in [-0.2, -0.15) is 0 Å². The fourth-order valence-electron chi connectivity index (χ4n) is 1.45. The molecule has 0 aliphatic carbocycles. The number of nitrogen functional groups attached to an aromatic ring is 2. The van der Waals surface area contributed by atoms with Crippen LogP contribution < -0.4 is 11.5 Å². The average molecular weight is 220 g/mol. The zero-order valence-corrected chi connectivity index (χ0v) is 9.32. The number of benzene rings is 1. The lowest BCUT2D eigenvalue weighted by molar-refractivity contribution is 0.0525. The van der Waals surface area contributed by atoms with E-state index in [1.54, 1.807) is 25.1 Å². The third-order valence-corrected chi connectivity index (χ3v) is 2.23. The average Bonchev–Trinajstić information content (AvgIpc) is 2.25. The van der Waals surface area contributed by atoms with Gasteiger partial charge in [0.1, 0.15) is 0 Å². The Morgan fingerprint density at radius 3 is 2.75 bits per heavy atom. The van der Waals surface area contributed by atoms with Gasteiger partial charge < -0.3 is 16.2 Å². The van der Waals surface area contributed by atoms with Crippen LogP contribution in [-0.2, 0) is 11.2 Å². The zero-order chi connectivity index (χ0) is 12.1. The minimum Gasteiger partial charge on any atom is -0.462 e. The highest BCUT2D eigenvalue weighted by Gasteiger charge is 2.15. The molecule has 0 radical (unpaired) electrons. The number of nitrogens with two attached hydrogens (primary N) is 2. The van der Waals surface area contributed by atoms with Gasteiger partial charge in [0.05, 0.1) is 23.5 Å². The Hall–Kier alpha value is -1.97. The minimum absolute atomic E-state index is 0.330. The second-order valence-corrected chi connectivity index (χ2v) is 3.31. The van der Waals surface area contributed by atoms with Crippen molar-refractivity contribution in [3.63, 3.8) is 0 Å². The molecule has 0 aliphatic rings. The van der Waals surface area contributed by atoms with Crippen molar-refractivity contribution in [3.05, 3.63) is 35.9 Å². The van der Waals surface area contributed by atoms with Crippen LogP contribution in [0.2, 0.25) is 0 Å². The summed E-state index contributed by atoms with van der Waals surface area (Å²) in [5.74, 6) is -0.383. The number of carbonyl (C=O) groups is 1. The fourth-order valence-corrected chi connectivity index (χ4v) is 1.45. The number of esters is 1. The monoisotopic (exact) mass is 220 g/mol. The standard InChI is InChI=1S/C12H16N2O2/c1-3-5-8-9(12(15)16-4-2)6-7-10(13)11(8)14/h3,6-7H,1,4-5,13-14H2,2H3. The summed E-state index contributed by atoms with van der Waals surface area (Å²) < 4.78 is 4.94. The zero-order valence-electron chi connectivity index (χ0n) is 9.32. The highest BCUT2D eigenvalue weighted by atomic mass is 16.5. The summed E-state index contributed by atoms with van der Waals surface area (Å²) >= 11 is 0. The van der Waals surface area contributed by atoms with E-state index in [-0.39, 0.29) is 5.97 Å². The van der Waals surface area contributed by atoms with Gasteiger partial charge in [-0.1, -0.05) is 6.08 Å². The number of hydrogen-bond donors (Lipinski definition) is 2. The molecule has 0 spiro atoms. The molecule has 1 rings (SSSR count). The van der Waals surface area contributed by atoms with Crippen LogP contribution in [0.1, 0.15) is 22.8 Å². The molecule has 86 valence electrons. The van der Waals surface area contributed by atoms with E-state index in [0.29, 0.717) is 35.5 Å². The fraction of sp³-hybridized carbons (Fsp3) is 0.250. The number of ether oxygens (including phenoxy) is 1. The Balaban J connectivity index is 3.22. The number of carbonyl (C=O) groups excluding carboxylic acids is 1. The van der Waals surface area contributed by atoms with Gasteiger partial charge in [0.2, 0.25) is 0 Å². The first-order chi connectivity index (χ1) is 7.61. The Labute approximate surface area is 94.9 Å². The van der Waals surface area contributed by atoms with Crippen molar-refractivity contribution in [2.24, 2.45) is 0 Å². The summed E-state index contributed by atoms with van der Waals surface area (Å²) in [5.41, 5.74) is 13.5. The maximum atomic E-state index is 11.7. The van der Waals surface area contributed by atoms with Crippen molar-refractivity contribution >= 4 is 17.3 Å². The second-order valence-electron chi connectivity index (χ2n) is 3.31. The first-order valence-electron chi connectivity index (χ1n) is 5.06. The Morgan fingerprint density at radius 2 is 2.19 bits per heavy atom. The lowest BCUT2D eigenvalue weighted by atomic mass is 10.0. The van der Waals surface area contributed by atoms with Crippen LogP contribution >= 0.6 is 0 Å². The normalized spacial score (nSPS) is 9.81. The third kappa shape index (κ3) is 2.34. The summed E-state index contributed by atoms with van der Waals surface area (Å²) in [6.45, 7) is 5.71. The van der Waals surface area contributed by atoms with Gasteiger partial charge >= 0.3 is 5.97 Å². The van der Waals surface area contributed by atoms with E-state index in [4.69, 9.17) is 16.2 Å². The molecule has 16 heavy (non-hydrogen) atoms. The minimum atomic E-state index is -0.383. The predicted molar refractivity (Wildman–Crippen MR) is 65.1 cm³/mol. The molecule has 1 aromatic rings. The van der Waals surface area contributed by atoms with Gasteiger partial charge in [-0.05, 0) is 31.0 Å². The summed E-state index contributed by atoms with van der Waals surface area (Å²) in [5, 5.41) is 0. The van der Waals surface area contributed by atoms with E-state index in [0.717, 1.165) is 0 Å². The summed E-state index contributed by atoms with van der Waals surface area (Å²) in [7, 11) is 0. The SMILES string of the molecule is C=CCc1c(C(=O)OCC)ccc(N)c1N. The number of allylic oxidation sites excluding steroid dienone is 1. The van der Waals surface area contributed by atoms with Crippen molar-refractivity contribution in [1.29, 1.82) is 0 Å². The van der Waals surface area contributed by atoms with Crippen LogP contribution in [0.25, 0.3) is 0 Å². The summed E-state index contributed by atoms with van der Waals surface area (Å²) in [6.07, 6.45) is 2.17. The highest BCUT2D eigenvalue weighted by molar-refractivity contribution is 5.94. The molecule has 4 heteroatoms. The van der Waals surface area contributed by atoms with E-state index < -0.39 is 0 Å². The van der Waals surface area contributed by atoms with Crippen molar-refractivity contribution in [2.75, 3.05) is 18.1 Å². The maximum absolute atomic E-state index is 11.7. The molecule has 0 bridgehead atoms. The number of rotatable bonds is 4. The van der Waals surface area contributed by atoms with Gasteiger partial charge in [-0.25, -0.2) is 4.79 Å². The van der Waals surface area contributed by atoms with Crippen molar-refractivity contribution in [1.82, 2.24) is 0 Å². The Kier molecular flexibility index (Phi) is 3.94. The first kappa shape index (κ1) is 12.1. The lowest BCUT2D eigenvalue weighted by Gasteiger charge is -2.11. The van der Waals surface area contributed by atoms with Gasteiger partial charge in [-0.15, -0.1) is 6.58 Å². The van der Waals surface area contributed by atoms with E-state index in [1.807, 2.05) is 0 Å². The van der Waals surface area contributed by atoms with E-state index in [9.17, 15) is 4.79 Å². The third-order valence-electron chi connectivity index (χ3n) is 2.23. The molecule has 0 saturated carbocycles. The Bertz CT molecular complexity index is 414. The second kappa shape index (κ2) is 5.21. The van der Waals surface area contributed by atoms with Gasteiger partial charge in [0.15, 0.2) is 0 Å². The smallest absolute Gasteiger partial charge is 0.338 e. The molecular weight excluding hydrogens is 204 g/mol. The maximum Gasteiger partial charge on any atom is 0.338 e. The van der Waals surface area contributed by atoms with Crippen molar-refractivity contribution < 1.29 is 9.53 Å². The van der Waals surface area contributed by atoms with Crippen molar-refractivity contribution in [3.8, 4) is 0 Å². The van der Waals surface area contributed by atoms with Crippen LogP contribution in [0, 0.1) is 0 Å². The molecule has 1 aromatic carbocycles. The van der Waals surface area contributed by atoms with Gasteiger partial charge in [0, 0.05) is 0 Å². The van der Waals surface area contributed by atoms with E-state index >= 15 is 0 Å². The van der Waals surface area contributed by atoms with Crippen LogP contribution in [0.5, 0.6) is 0 Å². The molecule has 0 saturated heterocycles. The summed E-state index contributed by atoms with van der Waals surface area (Å²) in [6, 6.07) is 3.23. The highest BCUT2D eigenvalue weighted by Crippen LogP contribution is 2.25. The van der Waals surface area contributed by atoms with Crippen LogP contribution in [0.4, 0.5) is 11.4 Å². The molecule has 0 amide bonds. The molecule has 0 fully saturated rings. The topological polar surface area (TPSA) is 78.3 Å². The lowest BCUT2D eigenvalue weighted by Crippen LogP contribution is -2.11. The van der Waals surface area contributed by atoms with Gasteiger partial charge in [0.25, 0.3) is 0 Å². The molecule has 0 heterocycles. The quantitative estimate of drug-likeness (QED) is 0.460. The molecule has 4 N–H and O–H groups in total. The number of hydrogen-bond acceptors (Lipinski definition) is 4. The molecule has 0 aliphatic heterocycles. The Morgan fingerprint density at radius 1 is 1.50 bits per heavy atom. The van der Waals surface area contributed by atoms with Crippen LogP contribution in [-0.4, -0.2) is 12.6 Å². The van der Waals surface area contributed by atoms with E-state index in [1.165, 1.54) is 0 Å². The van der Waals surface area contributed by atoms with Crippen LogP contribution in [0.3, 0.4) is 0 Å². The predicted octanol–water partition coefficient (Wildman–Crippen LogP) is 1.76. The summed E-state index contributed by atoms with van der Waals surface area (Å²) in [4.78, 5) is 11.7. The number of anilines is 2. The molecule has 0 unspecified atom stereocenters.